The Balaban J connectivity index is 1.48. The Labute approximate surface area is 243 Å². The third-order valence-corrected chi connectivity index (χ3v) is 7.01. The van der Waals surface area contributed by atoms with Crippen LogP contribution in [0.5, 0.6) is 5.75 Å². The Morgan fingerprint density at radius 1 is 1.20 bits per heavy atom. The maximum Gasteiger partial charge on any atom is 0.148 e. The van der Waals surface area contributed by atoms with E-state index in [1.165, 1.54) is 31.7 Å². The summed E-state index contributed by atoms with van der Waals surface area (Å²) >= 11 is 6.46. The van der Waals surface area contributed by atoms with Gasteiger partial charge in [-0.1, -0.05) is 17.5 Å². The fourth-order valence-corrected chi connectivity index (χ4v) is 4.64. The molecule has 2 heterocycles. The fourth-order valence-electron chi connectivity index (χ4n) is 3.89. The van der Waals surface area contributed by atoms with Gasteiger partial charge in [0, 0.05) is 35.0 Å². The lowest BCUT2D eigenvalue weighted by Gasteiger charge is -2.12. The molecule has 0 spiro atoms. The number of fused-ring (bicyclic) bond motifs is 1. The maximum absolute atomic E-state index is 13.3. The summed E-state index contributed by atoms with van der Waals surface area (Å²) in [6.45, 7) is 2.14. The number of hydrogen-bond donors (Lipinski definition) is 2. The molecule has 4 rings (SSSR count). The summed E-state index contributed by atoms with van der Waals surface area (Å²) in [6, 6.07) is 14.6. The highest BCUT2D eigenvalue weighted by Crippen LogP contribution is 2.32. The predicted octanol–water partition coefficient (Wildman–Crippen LogP) is 6.23. The number of halogens is 2. The minimum atomic E-state index is -3.03. The van der Waals surface area contributed by atoms with Crippen molar-refractivity contribution < 1.29 is 22.0 Å². The SMILES string of the molecule is C#C/C=C(\C=C(/C)F)COc1ccc(Nc2ncnc3ccc(-c4ccc(CNCCS(C)(=O)=O)o4)cc23)cc1Cl. The maximum atomic E-state index is 13.3. The van der Waals surface area contributed by atoms with Crippen molar-refractivity contribution in [2.45, 2.75) is 13.5 Å². The van der Waals surface area contributed by atoms with Gasteiger partial charge in [-0.3, -0.25) is 0 Å². The molecule has 2 aromatic heterocycles. The summed E-state index contributed by atoms with van der Waals surface area (Å²) in [5, 5.41) is 7.47. The van der Waals surface area contributed by atoms with E-state index in [-0.39, 0.29) is 18.2 Å². The molecule has 0 fully saturated rings. The highest BCUT2D eigenvalue weighted by molar-refractivity contribution is 7.90. The second kappa shape index (κ2) is 13.5. The highest BCUT2D eigenvalue weighted by atomic mass is 35.5. The second-order valence-electron chi connectivity index (χ2n) is 9.20. The Bertz CT molecular complexity index is 1760. The zero-order chi connectivity index (χ0) is 29.4. The lowest BCUT2D eigenvalue weighted by Crippen LogP contribution is -2.21. The smallest absolute Gasteiger partial charge is 0.148 e. The highest BCUT2D eigenvalue weighted by Gasteiger charge is 2.11. The van der Waals surface area contributed by atoms with Gasteiger partial charge in [-0.05, 0) is 67.6 Å². The largest absolute Gasteiger partial charge is 0.487 e. The van der Waals surface area contributed by atoms with Crippen molar-refractivity contribution in [3.63, 3.8) is 0 Å². The molecule has 0 saturated carbocycles. The molecule has 0 aliphatic rings. The van der Waals surface area contributed by atoms with Gasteiger partial charge >= 0.3 is 0 Å². The van der Waals surface area contributed by atoms with E-state index in [1.54, 1.807) is 18.2 Å². The van der Waals surface area contributed by atoms with Gasteiger partial charge in [0.2, 0.25) is 0 Å². The van der Waals surface area contributed by atoms with Crippen LogP contribution in [0.4, 0.5) is 15.9 Å². The van der Waals surface area contributed by atoms with Crippen LogP contribution in [-0.2, 0) is 16.4 Å². The summed E-state index contributed by atoms with van der Waals surface area (Å²) in [7, 11) is -3.03. The minimum Gasteiger partial charge on any atom is -0.487 e. The molecular formula is C30H28ClFN4O4S. The van der Waals surface area contributed by atoms with Gasteiger partial charge in [0.25, 0.3) is 0 Å². The molecule has 0 atom stereocenters. The van der Waals surface area contributed by atoms with Crippen molar-refractivity contribution in [1.29, 1.82) is 0 Å². The topological polar surface area (TPSA) is 106 Å². The lowest BCUT2D eigenvalue weighted by atomic mass is 10.1. The molecule has 41 heavy (non-hydrogen) atoms. The van der Waals surface area contributed by atoms with E-state index in [0.717, 1.165) is 16.5 Å². The first-order valence-corrected chi connectivity index (χ1v) is 15.0. The van der Waals surface area contributed by atoms with Crippen molar-refractivity contribution in [2.75, 3.05) is 30.5 Å². The molecule has 0 radical (unpaired) electrons. The van der Waals surface area contributed by atoms with Crippen LogP contribution in [0.1, 0.15) is 12.7 Å². The van der Waals surface area contributed by atoms with Crippen LogP contribution in [0.3, 0.4) is 0 Å². The van der Waals surface area contributed by atoms with Gasteiger partial charge < -0.3 is 19.8 Å². The Kier molecular flexibility index (Phi) is 9.78. The standard InChI is InChI=1S/C30H28ClFN4O4S/c1-4-5-21(14-20(2)32)18-39-29-10-7-23(16-26(29)31)36-30-25-15-22(6-9-27(25)34-19-35-30)28-11-8-24(40-28)17-33-12-13-41(3,37)38/h1,5-11,14-16,19,33H,12-13,17-18H2,2-3H3,(H,34,35,36)/b20-14+,21-5+. The number of nitrogens with one attached hydrogen (secondary N) is 2. The van der Waals surface area contributed by atoms with E-state index < -0.39 is 9.84 Å². The number of sulfone groups is 1. The molecule has 2 aromatic carbocycles. The van der Waals surface area contributed by atoms with Gasteiger partial charge in [-0.15, -0.1) is 6.42 Å². The summed E-state index contributed by atoms with van der Waals surface area (Å²) in [5.74, 6) is 4.37. The molecule has 0 aliphatic heterocycles. The van der Waals surface area contributed by atoms with E-state index in [9.17, 15) is 12.8 Å². The summed E-state index contributed by atoms with van der Waals surface area (Å²) in [6.07, 6.45) is 10.7. The first kappa shape index (κ1) is 29.8. The van der Waals surface area contributed by atoms with E-state index in [0.29, 0.717) is 52.5 Å². The van der Waals surface area contributed by atoms with Gasteiger partial charge in [0.1, 0.15) is 45.9 Å². The quantitative estimate of drug-likeness (QED) is 0.113. The second-order valence-corrected chi connectivity index (χ2v) is 11.9. The number of benzene rings is 2. The van der Waals surface area contributed by atoms with Crippen LogP contribution >= 0.6 is 11.6 Å². The van der Waals surface area contributed by atoms with Gasteiger partial charge in [-0.25, -0.2) is 22.8 Å². The van der Waals surface area contributed by atoms with E-state index >= 15 is 0 Å². The van der Waals surface area contributed by atoms with Crippen LogP contribution in [0.15, 0.2) is 82.8 Å². The molecule has 212 valence electrons. The van der Waals surface area contributed by atoms with Crippen molar-refractivity contribution >= 4 is 43.8 Å². The minimum absolute atomic E-state index is 0.0580. The Morgan fingerprint density at radius 2 is 2.02 bits per heavy atom. The third-order valence-electron chi connectivity index (χ3n) is 5.77. The first-order chi connectivity index (χ1) is 19.6. The number of hydrogen-bond acceptors (Lipinski definition) is 8. The van der Waals surface area contributed by atoms with Crippen LogP contribution in [0, 0.1) is 12.3 Å². The first-order valence-electron chi connectivity index (χ1n) is 12.5. The van der Waals surface area contributed by atoms with Crippen LogP contribution in [0.2, 0.25) is 5.02 Å². The van der Waals surface area contributed by atoms with Crippen LogP contribution in [-0.4, -0.2) is 43.5 Å². The van der Waals surface area contributed by atoms with Gasteiger partial charge in [-0.2, -0.15) is 0 Å². The van der Waals surface area contributed by atoms with Crippen molar-refractivity contribution in [1.82, 2.24) is 15.3 Å². The fraction of sp³-hybridized carbons (Fsp3) is 0.200. The van der Waals surface area contributed by atoms with Crippen LogP contribution < -0.4 is 15.4 Å². The molecule has 0 aliphatic carbocycles. The Morgan fingerprint density at radius 3 is 2.76 bits per heavy atom. The normalized spacial score (nSPS) is 12.4. The van der Waals surface area contributed by atoms with Crippen molar-refractivity contribution in [3.8, 4) is 29.4 Å². The number of nitrogens with zero attached hydrogens (tertiary/aromatic N) is 2. The molecule has 0 bridgehead atoms. The molecule has 2 N–H and O–H groups in total. The summed E-state index contributed by atoms with van der Waals surface area (Å²) in [4.78, 5) is 8.78. The predicted molar refractivity (Wildman–Crippen MR) is 161 cm³/mol. The summed E-state index contributed by atoms with van der Waals surface area (Å²) in [5.41, 5.74) is 2.73. The van der Waals surface area contributed by atoms with E-state index in [1.807, 2.05) is 30.3 Å². The van der Waals surface area contributed by atoms with Crippen molar-refractivity contribution in [2.24, 2.45) is 0 Å². The molecule has 4 aromatic rings. The van der Waals surface area contributed by atoms with E-state index in [4.69, 9.17) is 27.2 Å². The van der Waals surface area contributed by atoms with Crippen molar-refractivity contribution in [3.05, 3.63) is 89.2 Å². The molecule has 0 unspecified atom stereocenters. The number of aromatic nitrogens is 2. The molecule has 8 nitrogen and oxygen atoms in total. The lowest BCUT2D eigenvalue weighted by molar-refractivity contribution is 0.355. The number of allylic oxidation sites excluding steroid dienone is 2. The Hall–Kier alpha value is -4.17. The third kappa shape index (κ3) is 8.66. The molecular weight excluding hydrogens is 567 g/mol. The molecule has 11 heteroatoms. The zero-order valence-corrected chi connectivity index (χ0v) is 24.0. The molecule has 0 amide bonds. The number of anilines is 2. The van der Waals surface area contributed by atoms with E-state index in [2.05, 4.69) is 26.5 Å². The molecule has 0 saturated heterocycles. The number of ether oxygens (including phenoxy) is 1. The number of terminal acetylenes is 1. The van der Waals surface area contributed by atoms with Gasteiger partial charge in [0.05, 0.1) is 28.7 Å². The number of furan rings is 1. The van der Waals surface area contributed by atoms with Gasteiger partial charge in [0.15, 0.2) is 0 Å². The summed E-state index contributed by atoms with van der Waals surface area (Å²) < 4.78 is 47.6. The zero-order valence-electron chi connectivity index (χ0n) is 22.4. The van der Waals surface area contributed by atoms with Crippen LogP contribution in [0.25, 0.3) is 22.2 Å². The monoisotopic (exact) mass is 594 g/mol. The average Bonchev–Trinajstić information content (AvgIpc) is 3.39. The number of rotatable bonds is 12. The average molecular weight is 595 g/mol.